The predicted molar refractivity (Wildman–Crippen MR) is 72.4 cm³/mol. The molecule has 0 bridgehead atoms. The van der Waals surface area contributed by atoms with Crippen LogP contribution in [0, 0.1) is 23.2 Å². The smallest absolute Gasteiger partial charge is 0.00205 e. The Bertz CT molecular complexity index is 188. The monoisotopic (exact) mass is 225 g/mol. The molecule has 96 valence electrons. The van der Waals surface area contributed by atoms with Crippen molar-refractivity contribution < 1.29 is 0 Å². The van der Waals surface area contributed by atoms with Gasteiger partial charge >= 0.3 is 0 Å². The van der Waals surface area contributed by atoms with Crippen LogP contribution in [0.5, 0.6) is 0 Å². The summed E-state index contributed by atoms with van der Waals surface area (Å²) >= 11 is 0. The van der Waals surface area contributed by atoms with Gasteiger partial charge in [0.25, 0.3) is 0 Å². The van der Waals surface area contributed by atoms with Crippen molar-refractivity contribution in [2.75, 3.05) is 6.54 Å². The zero-order chi connectivity index (χ0) is 12.2. The molecule has 0 radical (unpaired) electrons. The van der Waals surface area contributed by atoms with E-state index in [1.165, 1.54) is 38.5 Å². The maximum Gasteiger partial charge on any atom is -0.00205 e. The number of rotatable bonds is 5. The highest BCUT2D eigenvalue weighted by atomic mass is 14.6. The van der Waals surface area contributed by atoms with Crippen molar-refractivity contribution in [1.82, 2.24) is 0 Å². The Balaban J connectivity index is 2.45. The summed E-state index contributed by atoms with van der Waals surface area (Å²) in [7, 11) is 0. The molecule has 1 aliphatic carbocycles. The van der Waals surface area contributed by atoms with Crippen molar-refractivity contribution in [3.05, 3.63) is 0 Å². The largest absolute Gasteiger partial charge is 0.330 e. The maximum atomic E-state index is 6.05. The summed E-state index contributed by atoms with van der Waals surface area (Å²) in [6, 6.07) is 0. The van der Waals surface area contributed by atoms with Crippen LogP contribution in [0.3, 0.4) is 0 Å². The zero-order valence-corrected chi connectivity index (χ0v) is 11.8. The molecule has 0 heterocycles. The van der Waals surface area contributed by atoms with E-state index in [0.717, 1.165) is 24.3 Å². The second-order valence-electron chi connectivity index (χ2n) is 6.72. The van der Waals surface area contributed by atoms with Gasteiger partial charge in [0.05, 0.1) is 0 Å². The lowest BCUT2D eigenvalue weighted by atomic mass is 9.65. The molecular weight excluding hydrogens is 194 g/mol. The predicted octanol–water partition coefficient (Wildman–Crippen LogP) is 4.21. The van der Waals surface area contributed by atoms with E-state index in [-0.39, 0.29) is 0 Å². The molecule has 0 aromatic rings. The Morgan fingerprint density at radius 1 is 1.12 bits per heavy atom. The Morgan fingerprint density at radius 3 is 2.06 bits per heavy atom. The van der Waals surface area contributed by atoms with E-state index in [1.54, 1.807) is 0 Å². The number of hydrogen-bond acceptors (Lipinski definition) is 1. The first kappa shape index (κ1) is 14.0. The van der Waals surface area contributed by atoms with Crippen LogP contribution in [0.15, 0.2) is 0 Å². The normalized spacial score (nSPS) is 31.3. The van der Waals surface area contributed by atoms with E-state index < -0.39 is 0 Å². The van der Waals surface area contributed by atoms with Crippen LogP contribution in [-0.2, 0) is 0 Å². The van der Waals surface area contributed by atoms with Crippen molar-refractivity contribution in [3.8, 4) is 0 Å². The Labute approximate surface area is 102 Å². The molecule has 1 rings (SSSR count). The highest BCUT2D eigenvalue weighted by molar-refractivity contribution is 4.87. The average Bonchev–Trinajstić information content (AvgIpc) is 2.27. The fraction of sp³-hybridized carbons (Fsp3) is 1.00. The molecule has 16 heavy (non-hydrogen) atoms. The Hall–Kier alpha value is -0.0400. The van der Waals surface area contributed by atoms with E-state index >= 15 is 0 Å². The molecule has 1 aliphatic rings. The Kier molecular flexibility index (Phi) is 5.30. The second-order valence-corrected chi connectivity index (χ2v) is 6.72. The van der Waals surface area contributed by atoms with Crippen LogP contribution in [0.4, 0.5) is 0 Å². The fourth-order valence-corrected chi connectivity index (χ4v) is 3.07. The second kappa shape index (κ2) is 6.05. The molecule has 0 atom stereocenters. The fourth-order valence-electron chi connectivity index (χ4n) is 3.07. The summed E-state index contributed by atoms with van der Waals surface area (Å²) < 4.78 is 0. The van der Waals surface area contributed by atoms with Crippen LogP contribution < -0.4 is 5.73 Å². The summed E-state index contributed by atoms with van der Waals surface area (Å²) in [6.07, 6.45) is 8.27. The third-order valence-electron chi connectivity index (χ3n) is 4.72. The minimum atomic E-state index is 0.496. The molecule has 0 amide bonds. The topological polar surface area (TPSA) is 26.0 Å². The number of hydrogen-bond donors (Lipinski definition) is 1. The third-order valence-corrected chi connectivity index (χ3v) is 4.72. The van der Waals surface area contributed by atoms with Crippen LogP contribution in [0.1, 0.15) is 66.2 Å². The summed E-state index contributed by atoms with van der Waals surface area (Å²) in [5, 5.41) is 0. The molecule has 0 aliphatic heterocycles. The highest BCUT2D eigenvalue weighted by Crippen LogP contribution is 2.44. The van der Waals surface area contributed by atoms with Crippen molar-refractivity contribution in [2.24, 2.45) is 28.9 Å². The minimum Gasteiger partial charge on any atom is -0.330 e. The van der Waals surface area contributed by atoms with Crippen LogP contribution >= 0.6 is 0 Å². The molecule has 0 aromatic heterocycles. The van der Waals surface area contributed by atoms with Crippen molar-refractivity contribution in [1.29, 1.82) is 0 Å². The molecule has 1 nitrogen and oxygen atoms in total. The lowest BCUT2D eigenvalue weighted by Gasteiger charge is -2.41. The van der Waals surface area contributed by atoms with E-state index in [1.807, 2.05) is 0 Å². The van der Waals surface area contributed by atoms with Crippen LogP contribution in [-0.4, -0.2) is 6.54 Å². The molecule has 0 aromatic carbocycles. The van der Waals surface area contributed by atoms with Gasteiger partial charge in [0.2, 0.25) is 0 Å². The molecule has 1 heteroatoms. The van der Waals surface area contributed by atoms with Crippen molar-refractivity contribution >= 4 is 0 Å². The molecule has 1 fully saturated rings. The van der Waals surface area contributed by atoms with Crippen molar-refractivity contribution in [3.63, 3.8) is 0 Å². The summed E-state index contributed by atoms with van der Waals surface area (Å²) in [6.45, 7) is 10.3. The summed E-state index contributed by atoms with van der Waals surface area (Å²) in [4.78, 5) is 0. The van der Waals surface area contributed by atoms with E-state index in [2.05, 4.69) is 27.7 Å². The maximum absolute atomic E-state index is 6.05. The molecular formula is C15H31N. The molecule has 0 unspecified atom stereocenters. The van der Waals surface area contributed by atoms with Gasteiger partial charge < -0.3 is 5.73 Å². The quantitative estimate of drug-likeness (QED) is 0.745. The third kappa shape index (κ3) is 3.76. The summed E-state index contributed by atoms with van der Waals surface area (Å²) in [5.41, 5.74) is 6.54. The van der Waals surface area contributed by atoms with Gasteiger partial charge in [0, 0.05) is 0 Å². The Morgan fingerprint density at radius 2 is 1.69 bits per heavy atom. The van der Waals surface area contributed by atoms with Gasteiger partial charge in [-0.25, -0.2) is 0 Å². The molecule has 0 spiro atoms. The van der Waals surface area contributed by atoms with E-state index in [9.17, 15) is 0 Å². The van der Waals surface area contributed by atoms with Gasteiger partial charge in [-0.2, -0.15) is 0 Å². The van der Waals surface area contributed by atoms with Crippen LogP contribution in [0.2, 0.25) is 0 Å². The van der Waals surface area contributed by atoms with Gasteiger partial charge in [-0.15, -0.1) is 0 Å². The SMILES string of the molecule is CC(C)CCC1(CN)CCC(C(C)C)CC1. The van der Waals surface area contributed by atoms with E-state index in [4.69, 9.17) is 5.73 Å². The van der Waals surface area contributed by atoms with Gasteiger partial charge in [-0.05, 0) is 61.8 Å². The lowest BCUT2D eigenvalue weighted by molar-refractivity contribution is 0.116. The van der Waals surface area contributed by atoms with Gasteiger partial charge in [-0.1, -0.05) is 34.1 Å². The van der Waals surface area contributed by atoms with Crippen molar-refractivity contribution in [2.45, 2.75) is 66.2 Å². The van der Waals surface area contributed by atoms with Crippen LogP contribution in [0.25, 0.3) is 0 Å². The summed E-state index contributed by atoms with van der Waals surface area (Å²) in [5.74, 6) is 2.64. The molecule has 0 saturated heterocycles. The first-order valence-corrected chi connectivity index (χ1v) is 7.19. The number of nitrogens with two attached hydrogens (primary N) is 1. The highest BCUT2D eigenvalue weighted by Gasteiger charge is 2.34. The van der Waals surface area contributed by atoms with Gasteiger partial charge in [-0.3, -0.25) is 0 Å². The zero-order valence-electron chi connectivity index (χ0n) is 11.8. The lowest BCUT2D eigenvalue weighted by Crippen LogP contribution is -2.36. The first-order valence-electron chi connectivity index (χ1n) is 7.19. The van der Waals surface area contributed by atoms with E-state index in [0.29, 0.717) is 5.41 Å². The first-order chi connectivity index (χ1) is 7.49. The van der Waals surface area contributed by atoms with Gasteiger partial charge in [0.15, 0.2) is 0 Å². The molecule has 1 saturated carbocycles. The average molecular weight is 225 g/mol. The molecule has 2 N–H and O–H groups in total. The standard InChI is InChI=1S/C15H31N/c1-12(2)5-8-15(11-16)9-6-14(7-10-15)13(3)4/h12-14H,5-11,16H2,1-4H3. The van der Waals surface area contributed by atoms with Gasteiger partial charge in [0.1, 0.15) is 0 Å². The minimum absolute atomic E-state index is 0.496.